The molecule has 1 aliphatic heterocycles. The number of fused-ring (bicyclic) bond motifs is 1. The van der Waals surface area contributed by atoms with Gasteiger partial charge in [-0.2, -0.15) is 5.26 Å². The number of rotatable bonds is 5. The average Bonchev–Trinajstić information content (AvgIpc) is 3.18. The third kappa shape index (κ3) is 3.65. The van der Waals surface area contributed by atoms with E-state index in [2.05, 4.69) is 16.4 Å². The summed E-state index contributed by atoms with van der Waals surface area (Å²) in [6.07, 6.45) is 0.856. The molecule has 29 heavy (non-hydrogen) atoms. The molecule has 0 bridgehead atoms. The molecular formula is C22H18FN3O2S. The van der Waals surface area contributed by atoms with Gasteiger partial charge in [-0.25, -0.2) is 9.37 Å². The molecule has 4 rings (SSSR count). The van der Waals surface area contributed by atoms with Crippen molar-refractivity contribution >= 4 is 17.1 Å². The lowest BCUT2D eigenvalue weighted by Crippen LogP contribution is -2.22. The number of halogens is 1. The van der Waals surface area contributed by atoms with E-state index in [9.17, 15) is 14.4 Å². The van der Waals surface area contributed by atoms with E-state index in [1.54, 1.807) is 30.3 Å². The first kappa shape index (κ1) is 19.2. The Hall–Kier alpha value is -3.08. The number of carbonyl (C=O) groups is 1. The molecule has 0 saturated carbocycles. The molecular weight excluding hydrogens is 389 g/mol. The highest BCUT2D eigenvalue weighted by molar-refractivity contribution is 7.13. The number of carbonyl (C=O) groups excluding carboxylic acids is 1. The van der Waals surface area contributed by atoms with Gasteiger partial charge in [0.15, 0.2) is 22.4 Å². The Kier molecular flexibility index (Phi) is 5.38. The average molecular weight is 407 g/mol. The summed E-state index contributed by atoms with van der Waals surface area (Å²) in [5, 5.41) is 13.5. The molecule has 0 amide bonds. The third-order valence-corrected chi connectivity index (χ3v) is 6.07. The molecule has 1 aliphatic rings. The minimum absolute atomic E-state index is 0.0438. The van der Waals surface area contributed by atoms with Gasteiger partial charge in [0.25, 0.3) is 0 Å². The fourth-order valence-corrected chi connectivity index (χ4v) is 4.49. The number of Topliss-reactive ketones (excluding diaryl/α,β-unsaturated/α-hetero) is 1. The maximum Gasteiger partial charge on any atom is 0.195 e. The number of thiazole rings is 1. The molecule has 146 valence electrons. The molecule has 2 heterocycles. The van der Waals surface area contributed by atoms with E-state index >= 15 is 0 Å². The second kappa shape index (κ2) is 8.11. The van der Waals surface area contributed by atoms with Gasteiger partial charge in [0.2, 0.25) is 0 Å². The maximum atomic E-state index is 14.7. The Morgan fingerprint density at radius 1 is 1.31 bits per heavy atom. The number of ether oxygens (including phenoxy) is 1. The summed E-state index contributed by atoms with van der Waals surface area (Å²) in [6.45, 7) is 1.59. The Bertz CT molecular complexity index is 1110. The minimum Gasteiger partial charge on any atom is -0.494 e. The summed E-state index contributed by atoms with van der Waals surface area (Å²) in [7, 11) is 1.39. The second-order valence-corrected chi connectivity index (χ2v) is 7.77. The normalized spacial score (nSPS) is 12.9. The van der Waals surface area contributed by atoms with Crippen molar-refractivity contribution in [2.24, 2.45) is 0 Å². The van der Waals surface area contributed by atoms with Gasteiger partial charge in [0, 0.05) is 41.9 Å². The molecule has 0 aliphatic carbocycles. The van der Waals surface area contributed by atoms with Crippen molar-refractivity contribution < 1.29 is 13.9 Å². The molecule has 0 atom stereocenters. The van der Waals surface area contributed by atoms with Gasteiger partial charge in [-0.1, -0.05) is 30.3 Å². The zero-order chi connectivity index (χ0) is 20.4. The lowest BCUT2D eigenvalue weighted by molar-refractivity contribution is 0.0992. The zero-order valence-electron chi connectivity index (χ0n) is 15.8. The van der Waals surface area contributed by atoms with Crippen molar-refractivity contribution in [3.63, 3.8) is 0 Å². The number of hydrogen-bond acceptors (Lipinski definition) is 6. The molecule has 1 N–H and O–H groups in total. The van der Waals surface area contributed by atoms with Crippen LogP contribution in [0.5, 0.6) is 5.75 Å². The lowest BCUT2D eigenvalue weighted by atomic mass is 9.93. The van der Waals surface area contributed by atoms with Crippen LogP contribution in [-0.2, 0) is 19.4 Å². The predicted octanol–water partition coefficient (Wildman–Crippen LogP) is 3.90. The quantitative estimate of drug-likeness (QED) is 0.649. The van der Waals surface area contributed by atoms with Gasteiger partial charge < -0.3 is 10.1 Å². The van der Waals surface area contributed by atoms with Crippen molar-refractivity contribution in [3.8, 4) is 22.9 Å². The Morgan fingerprint density at radius 3 is 2.86 bits per heavy atom. The lowest BCUT2D eigenvalue weighted by Gasteiger charge is -2.11. The monoisotopic (exact) mass is 407 g/mol. The van der Waals surface area contributed by atoms with Crippen molar-refractivity contribution in [1.82, 2.24) is 10.3 Å². The number of hydrogen-bond donors (Lipinski definition) is 1. The van der Waals surface area contributed by atoms with Crippen LogP contribution in [0.25, 0.3) is 11.1 Å². The highest BCUT2D eigenvalue weighted by Gasteiger charge is 2.21. The fourth-order valence-electron chi connectivity index (χ4n) is 3.47. The van der Waals surface area contributed by atoms with Gasteiger partial charge in [0.05, 0.1) is 18.4 Å². The Labute approximate surface area is 171 Å². The summed E-state index contributed by atoms with van der Waals surface area (Å²) in [5.74, 6) is -0.561. The largest absolute Gasteiger partial charge is 0.494 e. The smallest absolute Gasteiger partial charge is 0.195 e. The number of nitriles is 1. The third-order valence-electron chi connectivity index (χ3n) is 4.93. The molecule has 0 saturated heterocycles. The van der Waals surface area contributed by atoms with Crippen LogP contribution in [0.1, 0.15) is 31.5 Å². The van der Waals surface area contributed by atoms with Crippen LogP contribution in [0, 0.1) is 17.1 Å². The maximum absolute atomic E-state index is 14.7. The van der Waals surface area contributed by atoms with Crippen LogP contribution in [0.2, 0.25) is 0 Å². The molecule has 7 heteroatoms. The molecule has 0 spiro atoms. The van der Waals surface area contributed by atoms with Gasteiger partial charge in [-0.05, 0) is 11.6 Å². The highest BCUT2D eigenvalue weighted by atomic mass is 32.1. The molecule has 0 fully saturated rings. The van der Waals surface area contributed by atoms with Gasteiger partial charge >= 0.3 is 0 Å². The Balaban J connectivity index is 1.69. The topological polar surface area (TPSA) is 75.0 Å². The van der Waals surface area contributed by atoms with Gasteiger partial charge in [-0.15, -0.1) is 11.3 Å². The first-order chi connectivity index (χ1) is 14.1. The molecule has 0 radical (unpaired) electrons. The van der Waals surface area contributed by atoms with Crippen LogP contribution in [0.15, 0.2) is 36.4 Å². The van der Waals surface area contributed by atoms with Crippen LogP contribution in [-0.4, -0.2) is 24.4 Å². The summed E-state index contributed by atoms with van der Waals surface area (Å²) in [6, 6.07) is 12.1. The van der Waals surface area contributed by atoms with Crippen molar-refractivity contribution in [1.29, 1.82) is 5.26 Å². The van der Waals surface area contributed by atoms with Crippen molar-refractivity contribution in [2.75, 3.05) is 13.7 Å². The van der Waals surface area contributed by atoms with E-state index in [4.69, 9.17) is 4.74 Å². The fraction of sp³-hybridized carbons (Fsp3) is 0.227. The van der Waals surface area contributed by atoms with Crippen LogP contribution in [0.3, 0.4) is 0 Å². The zero-order valence-corrected chi connectivity index (χ0v) is 16.6. The molecule has 2 aromatic carbocycles. The molecule has 5 nitrogen and oxygen atoms in total. The predicted molar refractivity (Wildman–Crippen MR) is 109 cm³/mol. The SMILES string of the molecule is COc1cccc(-c2cccc(CC(=O)c3nc4c(s3)CNCC4)c2C#N)c1F. The molecule has 0 unspecified atom stereocenters. The minimum atomic E-state index is -0.532. The van der Waals surface area contributed by atoms with E-state index in [-0.39, 0.29) is 29.1 Å². The first-order valence-electron chi connectivity index (χ1n) is 9.19. The van der Waals surface area contributed by atoms with E-state index in [0.29, 0.717) is 16.1 Å². The van der Waals surface area contributed by atoms with Crippen LogP contribution in [0.4, 0.5) is 4.39 Å². The number of methoxy groups -OCH3 is 1. The van der Waals surface area contributed by atoms with E-state index in [0.717, 1.165) is 30.1 Å². The standard InChI is InChI=1S/C22H18FN3O2S/c1-28-19-7-3-6-15(21(19)23)14-5-2-4-13(16(14)11-24)10-18(27)22-26-17-8-9-25-12-20(17)29-22/h2-7,25H,8-10,12H2,1H3. The van der Waals surface area contributed by atoms with Crippen LogP contribution >= 0.6 is 11.3 Å². The molecule has 3 aromatic rings. The van der Waals surface area contributed by atoms with Gasteiger partial charge in [-0.3, -0.25) is 4.79 Å². The summed E-state index contributed by atoms with van der Waals surface area (Å²) in [4.78, 5) is 18.4. The number of nitrogens with one attached hydrogen (secondary N) is 1. The number of benzene rings is 2. The Morgan fingerprint density at radius 2 is 2.10 bits per heavy atom. The number of ketones is 1. The summed E-state index contributed by atoms with van der Waals surface area (Å²) < 4.78 is 19.8. The number of aromatic nitrogens is 1. The van der Waals surface area contributed by atoms with E-state index in [1.165, 1.54) is 24.5 Å². The number of nitrogens with zero attached hydrogens (tertiary/aromatic N) is 2. The second-order valence-electron chi connectivity index (χ2n) is 6.69. The molecule has 1 aromatic heterocycles. The van der Waals surface area contributed by atoms with Crippen molar-refractivity contribution in [3.05, 3.63) is 68.9 Å². The van der Waals surface area contributed by atoms with Gasteiger partial charge in [0.1, 0.15) is 6.07 Å². The van der Waals surface area contributed by atoms with E-state index in [1.807, 2.05) is 0 Å². The highest BCUT2D eigenvalue weighted by Crippen LogP contribution is 2.33. The summed E-state index contributed by atoms with van der Waals surface area (Å²) in [5.41, 5.74) is 2.53. The summed E-state index contributed by atoms with van der Waals surface area (Å²) >= 11 is 1.40. The van der Waals surface area contributed by atoms with E-state index < -0.39 is 5.82 Å². The van der Waals surface area contributed by atoms with Crippen molar-refractivity contribution in [2.45, 2.75) is 19.4 Å². The van der Waals surface area contributed by atoms with Crippen LogP contribution < -0.4 is 10.1 Å². The first-order valence-corrected chi connectivity index (χ1v) is 10.0.